The number of esters is 1. The molecule has 0 N–H and O–H groups in total. The number of nitrogens with zero attached hydrogens (tertiary/aromatic N) is 4. The van der Waals surface area contributed by atoms with Gasteiger partial charge in [-0.25, -0.2) is 9.78 Å². The number of imidazole rings is 1. The van der Waals surface area contributed by atoms with Crippen molar-refractivity contribution in [1.82, 2.24) is 18.7 Å². The second kappa shape index (κ2) is 9.13. The van der Waals surface area contributed by atoms with E-state index in [2.05, 4.69) is 4.98 Å². The minimum atomic E-state index is -0.496. The highest BCUT2D eigenvalue weighted by atomic mass is 16.6. The van der Waals surface area contributed by atoms with Gasteiger partial charge in [-0.1, -0.05) is 6.08 Å². The van der Waals surface area contributed by atoms with Crippen molar-refractivity contribution >= 4 is 29.3 Å². The number of carbonyl (C=O) groups is 1. The molecule has 170 valence electrons. The number of methoxy groups -OCH3 is 2. The predicted octanol–water partition coefficient (Wildman–Crippen LogP) is 2.05. The summed E-state index contributed by atoms with van der Waals surface area (Å²) in [6, 6.07) is 3.37. The minimum absolute atomic E-state index is 0.189. The predicted molar refractivity (Wildman–Crippen MR) is 120 cm³/mol. The second-order valence-corrected chi connectivity index (χ2v) is 6.96. The van der Waals surface area contributed by atoms with Crippen molar-refractivity contribution in [2.24, 2.45) is 7.05 Å². The van der Waals surface area contributed by atoms with Gasteiger partial charge in [-0.15, -0.1) is 0 Å². The number of aryl methyl sites for hydroxylation is 2. The van der Waals surface area contributed by atoms with Crippen molar-refractivity contribution in [1.29, 1.82) is 0 Å². The van der Waals surface area contributed by atoms with Crippen LogP contribution in [0.25, 0.3) is 23.3 Å². The van der Waals surface area contributed by atoms with Crippen LogP contribution in [0.3, 0.4) is 0 Å². The molecule has 0 fully saturated rings. The molecule has 2 heterocycles. The van der Waals surface area contributed by atoms with E-state index in [0.29, 0.717) is 40.6 Å². The van der Waals surface area contributed by atoms with Crippen LogP contribution in [-0.2, 0) is 24.9 Å². The Bertz CT molecular complexity index is 1300. The molecule has 0 bridgehead atoms. The molecule has 0 saturated heterocycles. The molecule has 0 radical (unpaired) electrons. The Balaban J connectivity index is 2.14. The number of hydrogen-bond donors (Lipinski definition) is 0. The quantitative estimate of drug-likeness (QED) is 0.407. The highest BCUT2D eigenvalue weighted by molar-refractivity contribution is 5.78. The summed E-state index contributed by atoms with van der Waals surface area (Å²) in [6.45, 7) is 5.55. The molecule has 0 saturated carbocycles. The first-order valence-corrected chi connectivity index (χ1v) is 10.1. The van der Waals surface area contributed by atoms with Gasteiger partial charge in [0.2, 0.25) is 5.75 Å². The lowest BCUT2D eigenvalue weighted by Gasteiger charge is -2.13. The Kier molecular flexibility index (Phi) is 6.52. The normalized spacial score (nSPS) is 11.3. The van der Waals surface area contributed by atoms with Gasteiger partial charge < -0.3 is 18.8 Å². The molecule has 2 aromatic heterocycles. The second-order valence-electron chi connectivity index (χ2n) is 6.96. The van der Waals surface area contributed by atoms with Gasteiger partial charge >= 0.3 is 11.7 Å². The van der Waals surface area contributed by atoms with E-state index in [1.54, 1.807) is 42.8 Å². The van der Waals surface area contributed by atoms with E-state index in [1.165, 1.54) is 30.3 Å². The van der Waals surface area contributed by atoms with E-state index in [-0.39, 0.29) is 23.5 Å². The number of benzene rings is 1. The van der Waals surface area contributed by atoms with Crippen LogP contribution in [0.2, 0.25) is 0 Å². The van der Waals surface area contributed by atoms with Crippen LogP contribution in [-0.4, -0.2) is 38.9 Å². The smallest absolute Gasteiger partial charge is 0.332 e. The summed E-state index contributed by atoms with van der Waals surface area (Å²) in [5, 5.41) is 0. The molecular formula is C22H26N4O6. The van der Waals surface area contributed by atoms with Crippen LogP contribution in [0.1, 0.15) is 32.2 Å². The van der Waals surface area contributed by atoms with Gasteiger partial charge in [-0.2, -0.15) is 0 Å². The Morgan fingerprint density at radius 3 is 2.12 bits per heavy atom. The van der Waals surface area contributed by atoms with Gasteiger partial charge in [0.25, 0.3) is 5.56 Å². The maximum atomic E-state index is 12.8. The molecule has 10 heteroatoms. The zero-order valence-corrected chi connectivity index (χ0v) is 19.0. The summed E-state index contributed by atoms with van der Waals surface area (Å²) in [5.41, 5.74) is 0.640. The van der Waals surface area contributed by atoms with Crippen LogP contribution in [0.5, 0.6) is 17.2 Å². The Labute approximate surface area is 184 Å². The van der Waals surface area contributed by atoms with E-state index < -0.39 is 5.97 Å². The highest BCUT2D eigenvalue weighted by Gasteiger charge is 2.18. The first-order valence-electron chi connectivity index (χ1n) is 10.1. The molecule has 0 unspecified atom stereocenters. The zero-order valence-electron chi connectivity index (χ0n) is 19.0. The van der Waals surface area contributed by atoms with Gasteiger partial charge in [-0.05, 0) is 37.6 Å². The molecule has 3 aromatic rings. The number of hydrogen-bond acceptors (Lipinski definition) is 7. The molecule has 0 aliphatic heterocycles. The SMILES string of the molecule is CCn1c(=O)c2c(nc(C=Cc3cc(OC)c(OC(C)=O)c(OC)c3)n2C)n(CC)c1=O. The van der Waals surface area contributed by atoms with Gasteiger partial charge in [0.05, 0.1) is 14.2 Å². The van der Waals surface area contributed by atoms with E-state index in [0.717, 1.165) is 0 Å². The molecule has 1 aromatic carbocycles. The molecule has 0 aliphatic rings. The van der Waals surface area contributed by atoms with Gasteiger partial charge in [0, 0.05) is 27.1 Å². The van der Waals surface area contributed by atoms with Crippen LogP contribution >= 0.6 is 0 Å². The molecule has 0 spiro atoms. The van der Waals surface area contributed by atoms with E-state index in [9.17, 15) is 14.4 Å². The van der Waals surface area contributed by atoms with Crippen molar-refractivity contribution in [3.8, 4) is 17.2 Å². The van der Waals surface area contributed by atoms with Crippen molar-refractivity contribution in [2.45, 2.75) is 33.9 Å². The Hall–Kier alpha value is -3.82. The number of ether oxygens (including phenoxy) is 3. The van der Waals surface area contributed by atoms with Crippen LogP contribution in [0, 0.1) is 0 Å². The van der Waals surface area contributed by atoms with E-state index in [1.807, 2.05) is 6.92 Å². The summed E-state index contributed by atoms with van der Waals surface area (Å²) in [6.07, 6.45) is 3.48. The third kappa shape index (κ3) is 3.91. The molecule has 0 amide bonds. The van der Waals surface area contributed by atoms with E-state index >= 15 is 0 Å². The average molecular weight is 442 g/mol. The maximum absolute atomic E-state index is 12.8. The fourth-order valence-electron chi connectivity index (χ4n) is 3.50. The zero-order chi connectivity index (χ0) is 23.6. The van der Waals surface area contributed by atoms with Crippen LogP contribution in [0.15, 0.2) is 21.7 Å². The summed E-state index contributed by atoms with van der Waals surface area (Å²) >= 11 is 0. The van der Waals surface area contributed by atoms with Gasteiger partial charge in [-0.3, -0.25) is 18.7 Å². The Morgan fingerprint density at radius 1 is 1.03 bits per heavy atom. The molecule has 3 rings (SSSR count). The highest BCUT2D eigenvalue weighted by Crippen LogP contribution is 2.39. The van der Waals surface area contributed by atoms with Gasteiger partial charge in [0.15, 0.2) is 22.7 Å². The lowest BCUT2D eigenvalue weighted by atomic mass is 10.1. The van der Waals surface area contributed by atoms with Crippen molar-refractivity contribution < 1.29 is 19.0 Å². The third-order valence-corrected chi connectivity index (χ3v) is 5.06. The maximum Gasteiger partial charge on any atom is 0.332 e. The van der Waals surface area contributed by atoms with Crippen molar-refractivity contribution in [3.05, 3.63) is 44.4 Å². The standard InChI is InChI=1S/C22H26N4O6/c1-7-25-20-18(21(28)26(8-2)22(25)29)24(4)17(23-20)10-9-14-11-15(30-5)19(32-13(3)27)16(12-14)31-6/h9-12H,7-8H2,1-6H3. The molecule has 32 heavy (non-hydrogen) atoms. The van der Waals surface area contributed by atoms with Crippen molar-refractivity contribution in [3.63, 3.8) is 0 Å². The van der Waals surface area contributed by atoms with E-state index in [4.69, 9.17) is 14.2 Å². The molecular weight excluding hydrogens is 416 g/mol. The van der Waals surface area contributed by atoms with Crippen LogP contribution in [0.4, 0.5) is 0 Å². The number of rotatable bonds is 7. The number of aromatic nitrogens is 4. The largest absolute Gasteiger partial charge is 0.493 e. The summed E-state index contributed by atoms with van der Waals surface area (Å²) in [4.78, 5) is 41.4. The number of carbonyl (C=O) groups excluding carboxylic acids is 1. The first kappa shape index (κ1) is 22.9. The fraction of sp³-hybridized carbons (Fsp3) is 0.364. The minimum Gasteiger partial charge on any atom is -0.493 e. The Morgan fingerprint density at radius 2 is 1.62 bits per heavy atom. The lowest BCUT2D eigenvalue weighted by Crippen LogP contribution is -2.39. The molecule has 0 atom stereocenters. The van der Waals surface area contributed by atoms with Crippen molar-refractivity contribution in [2.75, 3.05) is 14.2 Å². The lowest BCUT2D eigenvalue weighted by molar-refractivity contribution is -0.132. The third-order valence-electron chi connectivity index (χ3n) is 5.06. The summed E-state index contributed by atoms with van der Waals surface area (Å²) in [7, 11) is 4.65. The number of fused-ring (bicyclic) bond motifs is 1. The van der Waals surface area contributed by atoms with Crippen LogP contribution < -0.4 is 25.5 Å². The first-order chi connectivity index (χ1) is 15.3. The molecule has 0 aliphatic carbocycles. The van der Waals surface area contributed by atoms with Gasteiger partial charge in [0.1, 0.15) is 5.82 Å². The molecule has 10 nitrogen and oxygen atoms in total. The average Bonchev–Trinajstić information content (AvgIpc) is 3.09. The summed E-state index contributed by atoms with van der Waals surface area (Å²) < 4.78 is 20.2. The summed E-state index contributed by atoms with van der Waals surface area (Å²) in [5.74, 6) is 0.845. The monoisotopic (exact) mass is 442 g/mol. The topological polar surface area (TPSA) is 107 Å². The fourth-order valence-corrected chi connectivity index (χ4v) is 3.50.